The fourth-order valence-electron chi connectivity index (χ4n) is 4.69. The van der Waals surface area contributed by atoms with Gasteiger partial charge in [0.25, 0.3) is 0 Å². The zero-order valence-electron chi connectivity index (χ0n) is 22.8. The van der Waals surface area contributed by atoms with E-state index in [4.69, 9.17) is 43.2 Å². The van der Waals surface area contributed by atoms with E-state index in [2.05, 4.69) is 19.3 Å². The van der Waals surface area contributed by atoms with Crippen molar-refractivity contribution in [2.24, 2.45) is 0 Å². The normalized spacial score (nSPS) is 34.8. The van der Waals surface area contributed by atoms with E-state index in [0.29, 0.717) is 0 Å². The number of anilines is 1. The molecule has 0 bridgehead atoms. The molecule has 2 aliphatic heterocycles. The second-order valence-corrected chi connectivity index (χ2v) is 12.1. The quantitative estimate of drug-likeness (QED) is 0.158. The molecule has 2 fully saturated rings. The Hall–Kier alpha value is -1.71. The smallest absolute Gasteiger partial charge is 0.387 e. The molecule has 6 N–H and O–H groups in total. The average Bonchev–Trinajstić information content (AvgIpc) is 3.48. The van der Waals surface area contributed by atoms with Gasteiger partial charge in [0.2, 0.25) is 0 Å². The number of nitrogen functional groups attached to an aromatic ring is 1. The standard InChI is InChI=1S/C20H33N5O15P2/c1-32-5-10-14(33-2)15(34-3)16(35-4)20(38-10)39-42(30,31)40-41(28,29)36-6-9-12(26)13(27)19(37-9)25-8-24-11-17(21)22-7-23-18(11)25/h7-10,12-16,19-20,26-27H,5-6H2,1-4H3,(H,28,29)(H,30,31)(H2,21,22,23)/t9-,10-,12-,13-,14-,15+,16+,19-,20?/m1/s1. The third-order valence-electron chi connectivity index (χ3n) is 6.58. The van der Waals surface area contributed by atoms with Gasteiger partial charge in [-0.2, -0.15) is 4.31 Å². The maximum atomic E-state index is 12.7. The van der Waals surface area contributed by atoms with Crippen molar-refractivity contribution < 1.29 is 70.9 Å². The number of imidazole rings is 1. The van der Waals surface area contributed by atoms with Gasteiger partial charge in [-0.25, -0.2) is 24.1 Å². The van der Waals surface area contributed by atoms with Gasteiger partial charge in [0.05, 0.1) is 19.5 Å². The number of hydrogen-bond donors (Lipinski definition) is 5. The van der Waals surface area contributed by atoms with Crippen LogP contribution >= 0.6 is 15.6 Å². The molecule has 22 heteroatoms. The van der Waals surface area contributed by atoms with E-state index in [1.54, 1.807) is 0 Å². The highest BCUT2D eigenvalue weighted by atomic mass is 31.3. The molecule has 2 aromatic rings. The molecule has 3 unspecified atom stereocenters. The van der Waals surface area contributed by atoms with E-state index in [1.165, 1.54) is 45.7 Å². The molecule has 0 saturated carbocycles. The Morgan fingerprint density at radius 3 is 2.24 bits per heavy atom. The lowest BCUT2D eigenvalue weighted by atomic mass is 9.98. The van der Waals surface area contributed by atoms with E-state index < -0.39 is 77.5 Å². The first-order chi connectivity index (χ1) is 19.9. The molecule has 0 spiro atoms. The third-order valence-corrected chi connectivity index (χ3v) is 9.18. The lowest BCUT2D eigenvalue weighted by Crippen LogP contribution is -2.61. The second-order valence-electron chi connectivity index (χ2n) is 9.15. The van der Waals surface area contributed by atoms with Gasteiger partial charge in [0.15, 0.2) is 24.0 Å². The topological polar surface area (TPSA) is 268 Å². The van der Waals surface area contributed by atoms with Crippen LogP contribution in [-0.4, -0.2) is 130 Å². The van der Waals surface area contributed by atoms with Gasteiger partial charge < -0.3 is 54.2 Å². The molecule has 4 heterocycles. The minimum absolute atomic E-state index is 0.0292. The predicted molar refractivity (Wildman–Crippen MR) is 136 cm³/mol. The summed E-state index contributed by atoms with van der Waals surface area (Å²) < 4.78 is 73.4. The molecular formula is C20H33N5O15P2. The van der Waals surface area contributed by atoms with Crippen molar-refractivity contribution in [2.45, 2.75) is 55.2 Å². The fourth-order valence-corrected chi connectivity index (χ4v) is 6.84. The van der Waals surface area contributed by atoms with Gasteiger partial charge in [-0.15, -0.1) is 0 Å². The number of aliphatic hydroxyl groups excluding tert-OH is 2. The minimum atomic E-state index is -5.39. The number of phosphoric ester groups is 2. The molecule has 20 nitrogen and oxygen atoms in total. The maximum absolute atomic E-state index is 12.7. The molecule has 0 aromatic carbocycles. The Morgan fingerprint density at radius 1 is 0.905 bits per heavy atom. The van der Waals surface area contributed by atoms with E-state index >= 15 is 0 Å². The number of nitrogens with two attached hydrogens (primary N) is 1. The number of aromatic nitrogens is 4. The summed E-state index contributed by atoms with van der Waals surface area (Å²) in [6.07, 6.45) is -8.64. The van der Waals surface area contributed by atoms with Crippen LogP contribution in [0.2, 0.25) is 0 Å². The SMILES string of the molecule is COC[C@H]1OC(OP(=O)(O)OP(=O)(O)OC[C@H]2O[C@@H](n3cnc4c(N)ncnc43)[C@H](O)[C@@H]2O)[C@@H](OC)[C@@H](OC)[C@@H]1OC. The Bertz CT molecular complexity index is 1300. The number of hydrogen-bond acceptors (Lipinski definition) is 17. The van der Waals surface area contributed by atoms with E-state index in [0.717, 1.165) is 0 Å². The number of nitrogens with zero attached hydrogens (tertiary/aromatic N) is 4. The molecule has 2 aromatic heterocycles. The first kappa shape index (κ1) is 33.2. The van der Waals surface area contributed by atoms with Gasteiger partial charge in [0.1, 0.15) is 54.6 Å². The van der Waals surface area contributed by atoms with Crippen molar-refractivity contribution in [1.29, 1.82) is 0 Å². The number of rotatable bonds is 13. The van der Waals surface area contributed by atoms with Gasteiger partial charge in [-0.3, -0.25) is 13.6 Å². The van der Waals surface area contributed by atoms with E-state index in [1.807, 2.05) is 0 Å². The summed E-state index contributed by atoms with van der Waals surface area (Å²) >= 11 is 0. The lowest BCUT2D eigenvalue weighted by molar-refractivity contribution is -0.294. The number of ether oxygens (including phenoxy) is 6. The molecule has 4 rings (SSSR count). The predicted octanol–water partition coefficient (Wildman–Crippen LogP) is -1.31. The summed E-state index contributed by atoms with van der Waals surface area (Å²) in [6.45, 7) is -0.886. The van der Waals surface area contributed by atoms with Gasteiger partial charge in [-0.1, -0.05) is 0 Å². The summed E-state index contributed by atoms with van der Waals surface area (Å²) in [6, 6.07) is 0. The molecule has 2 aliphatic rings. The van der Waals surface area contributed by atoms with Crippen molar-refractivity contribution in [2.75, 3.05) is 47.4 Å². The second kappa shape index (κ2) is 13.5. The third kappa shape index (κ3) is 6.99. The van der Waals surface area contributed by atoms with Crippen molar-refractivity contribution >= 4 is 32.6 Å². The summed E-state index contributed by atoms with van der Waals surface area (Å²) in [5.41, 5.74) is 6.17. The fraction of sp³-hybridized carbons (Fsp3) is 0.750. The Kier molecular flexibility index (Phi) is 10.7. The maximum Gasteiger partial charge on any atom is 0.483 e. The van der Waals surface area contributed by atoms with Crippen LogP contribution in [0, 0.1) is 0 Å². The largest absolute Gasteiger partial charge is 0.483 e. The van der Waals surface area contributed by atoms with E-state index in [-0.39, 0.29) is 23.6 Å². The lowest BCUT2D eigenvalue weighted by Gasteiger charge is -2.44. The van der Waals surface area contributed by atoms with Crippen molar-refractivity contribution in [3.63, 3.8) is 0 Å². The number of fused-ring (bicyclic) bond motifs is 1. The van der Waals surface area contributed by atoms with Crippen molar-refractivity contribution in [3.8, 4) is 0 Å². The van der Waals surface area contributed by atoms with Crippen LogP contribution in [0.4, 0.5) is 5.82 Å². The summed E-state index contributed by atoms with van der Waals surface area (Å²) in [4.78, 5) is 32.4. The average molecular weight is 645 g/mol. The van der Waals surface area contributed by atoms with Crippen LogP contribution in [0.3, 0.4) is 0 Å². The zero-order valence-corrected chi connectivity index (χ0v) is 24.6. The van der Waals surface area contributed by atoms with Crippen LogP contribution in [0.15, 0.2) is 12.7 Å². The number of aliphatic hydroxyl groups is 2. The molecule has 11 atom stereocenters. The first-order valence-electron chi connectivity index (χ1n) is 12.2. The zero-order chi connectivity index (χ0) is 30.8. The first-order valence-corrected chi connectivity index (χ1v) is 15.2. The van der Waals surface area contributed by atoms with Crippen LogP contribution in [0.25, 0.3) is 11.2 Å². The van der Waals surface area contributed by atoms with Gasteiger partial charge in [-0.05, 0) is 0 Å². The highest BCUT2D eigenvalue weighted by Gasteiger charge is 2.51. The molecule has 0 aliphatic carbocycles. The highest BCUT2D eigenvalue weighted by molar-refractivity contribution is 7.61. The number of methoxy groups -OCH3 is 4. The van der Waals surface area contributed by atoms with Crippen LogP contribution < -0.4 is 5.73 Å². The Labute approximate surface area is 238 Å². The van der Waals surface area contributed by atoms with Crippen LogP contribution in [0.5, 0.6) is 0 Å². The Morgan fingerprint density at radius 2 is 1.60 bits per heavy atom. The van der Waals surface area contributed by atoms with Crippen LogP contribution in [0.1, 0.15) is 6.23 Å². The molecule has 0 amide bonds. The summed E-state index contributed by atoms with van der Waals surface area (Å²) in [5.74, 6) is 0.0709. The molecular weight excluding hydrogens is 612 g/mol. The molecule has 238 valence electrons. The van der Waals surface area contributed by atoms with Crippen molar-refractivity contribution in [3.05, 3.63) is 12.7 Å². The minimum Gasteiger partial charge on any atom is -0.387 e. The number of phosphoric acid groups is 2. The van der Waals surface area contributed by atoms with Crippen molar-refractivity contribution in [1.82, 2.24) is 19.5 Å². The Balaban J connectivity index is 1.40. The summed E-state index contributed by atoms with van der Waals surface area (Å²) in [5, 5.41) is 21.0. The highest BCUT2D eigenvalue weighted by Crippen LogP contribution is 2.61. The van der Waals surface area contributed by atoms with Crippen LogP contribution in [-0.2, 0) is 50.9 Å². The molecule has 0 radical (unpaired) electrons. The molecule has 2 saturated heterocycles. The van der Waals surface area contributed by atoms with Gasteiger partial charge in [0, 0.05) is 28.4 Å². The van der Waals surface area contributed by atoms with E-state index in [9.17, 15) is 29.1 Å². The summed E-state index contributed by atoms with van der Waals surface area (Å²) in [7, 11) is -5.35. The monoisotopic (exact) mass is 645 g/mol. The van der Waals surface area contributed by atoms with Gasteiger partial charge >= 0.3 is 15.6 Å². The molecule has 42 heavy (non-hydrogen) atoms.